The minimum atomic E-state index is 0.489. The van der Waals surface area contributed by atoms with Gasteiger partial charge in [-0.3, -0.25) is 5.43 Å². The molecule has 0 heterocycles. The van der Waals surface area contributed by atoms with Gasteiger partial charge >= 0.3 is 0 Å². The number of nitrogens with one attached hydrogen (secondary N) is 2. The van der Waals surface area contributed by atoms with Gasteiger partial charge in [-0.25, -0.2) is 0 Å². The van der Waals surface area contributed by atoms with Gasteiger partial charge in [-0.05, 0) is 36.8 Å². The summed E-state index contributed by atoms with van der Waals surface area (Å²) in [7, 11) is 0. The number of thiocarbonyl (C=S) groups is 1. The van der Waals surface area contributed by atoms with E-state index in [2.05, 4.69) is 22.4 Å². The van der Waals surface area contributed by atoms with Crippen molar-refractivity contribution in [2.45, 2.75) is 6.92 Å². The molecule has 0 aromatic heterocycles. The van der Waals surface area contributed by atoms with E-state index in [0.717, 1.165) is 17.9 Å². The first-order valence-electron chi connectivity index (χ1n) is 5.67. The van der Waals surface area contributed by atoms with Crippen molar-refractivity contribution >= 4 is 23.5 Å². The zero-order valence-electron chi connectivity index (χ0n) is 10.3. The van der Waals surface area contributed by atoms with Crippen LogP contribution in [0.1, 0.15) is 12.5 Å². The van der Waals surface area contributed by atoms with Crippen LogP contribution in [-0.4, -0.2) is 24.5 Å². The molecule has 1 rings (SSSR count). The first-order valence-corrected chi connectivity index (χ1v) is 6.07. The molecule has 0 unspecified atom stereocenters. The van der Waals surface area contributed by atoms with Crippen molar-refractivity contribution in [2.75, 3.05) is 13.2 Å². The van der Waals surface area contributed by atoms with Crippen LogP contribution in [0.4, 0.5) is 0 Å². The minimum Gasteiger partial charge on any atom is -0.490 e. The molecule has 0 saturated heterocycles. The van der Waals surface area contributed by atoms with Crippen molar-refractivity contribution in [3.05, 3.63) is 42.5 Å². The van der Waals surface area contributed by atoms with Gasteiger partial charge in [0.05, 0.1) is 6.21 Å². The molecule has 0 aliphatic rings. The summed E-state index contributed by atoms with van der Waals surface area (Å²) in [6.07, 6.45) is 3.39. The highest BCUT2D eigenvalue weighted by molar-refractivity contribution is 7.80. The third-order valence-corrected chi connectivity index (χ3v) is 2.18. The Bertz CT molecular complexity index is 432. The Morgan fingerprint density at radius 3 is 3.11 bits per heavy atom. The van der Waals surface area contributed by atoms with Gasteiger partial charge in [0.15, 0.2) is 5.11 Å². The summed E-state index contributed by atoms with van der Waals surface area (Å²) in [4.78, 5) is 0. The fourth-order valence-corrected chi connectivity index (χ4v) is 1.40. The quantitative estimate of drug-likeness (QED) is 0.357. The maximum atomic E-state index is 5.42. The van der Waals surface area contributed by atoms with Gasteiger partial charge < -0.3 is 10.1 Å². The Morgan fingerprint density at radius 2 is 2.39 bits per heavy atom. The topological polar surface area (TPSA) is 45.6 Å². The third-order valence-electron chi connectivity index (χ3n) is 1.94. The Balaban J connectivity index is 2.53. The van der Waals surface area contributed by atoms with Gasteiger partial charge in [0.2, 0.25) is 0 Å². The van der Waals surface area contributed by atoms with Crippen LogP contribution in [0.3, 0.4) is 0 Å². The molecule has 0 radical (unpaired) electrons. The first-order chi connectivity index (χ1) is 8.76. The van der Waals surface area contributed by atoms with E-state index in [9.17, 15) is 0 Å². The predicted molar refractivity (Wildman–Crippen MR) is 79.1 cm³/mol. The average Bonchev–Trinajstić information content (AvgIpc) is 2.37. The molecular weight excluding hydrogens is 246 g/mol. The lowest BCUT2D eigenvalue weighted by Crippen LogP contribution is -2.31. The molecule has 5 heteroatoms. The lowest BCUT2D eigenvalue weighted by Gasteiger charge is -2.04. The lowest BCUT2D eigenvalue weighted by atomic mass is 10.2. The van der Waals surface area contributed by atoms with Crippen molar-refractivity contribution in [1.29, 1.82) is 0 Å². The monoisotopic (exact) mass is 263 g/mol. The van der Waals surface area contributed by atoms with Crippen LogP contribution in [0.15, 0.2) is 42.0 Å². The van der Waals surface area contributed by atoms with Crippen molar-refractivity contribution in [3.8, 4) is 5.75 Å². The van der Waals surface area contributed by atoms with E-state index < -0.39 is 0 Å². The fourth-order valence-electron chi connectivity index (χ4n) is 1.21. The summed E-state index contributed by atoms with van der Waals surface area (Å²) >= 11 is 4.98. The van der Waals surface area contributed by atoms with Crippen LogP contribution in [0.5, 0.6) is 5.75 Å². The van der Waals surface area contributed by atoms with Crippen LogP contribution < -0.4 is 15.5 Å². The Morgan fingerprint density at radius 1 is 1.56 bits per heavy atom. The maximum absolute atomic E-state index is 5.42. The molecule has 0 aliphatic heterocycles. The number of nitrogens with zero attached hydrogens (tertiary/aromatic N) is 1. The van der Waals surface area contributed by atoms with E-state index in [1.165, 1.54) is 0 Å². The van der Waals surface area contributed by atoms with E-state index in [0.29, 0.717) is 11.7 Å². The molecule has 0 bridgehead atoms. The second-order valence-electron chi connectivity index (χ2n) is 3.40. The molecule has 0 fully saturated rings. The zero-order valence-corrected chi connectivity index (χ0v) is 11.2. The zero-order chi connectivity index (χ0) is 13.2. The molecule has 0 saturated carbocycles. The molecule has 0 atom stereocenters. The van der Waals surface area contributed by atoms with E-state index in [1.54, 1.807) is 12.3 Å². The van der Waals surface area contributed by atoms with E-state index >= 15 is 0 Å². The van der Waals surface area contributed by atoms with Gasteiger partial charge in [-0.1, -0.05) is 24.8 Å². The molecule has 0 amide bonds. The second kappa shape index (κ2) is 8.25. The van der Waals surface area contributed by atoms with E-state index in [4.69, 9.17) is 17.0 Å². The van der Waals surface area contributed by atoms with Crippen LogP contribution in [0, 0.1) is 0 Å². The summed E-state index contributed by atoms with van der Waals surface area (Å²) in [6.45, 7) is 6.83. The number of hydrazone groups is 1. The molecule has 18 heavy (non-hydrogen) atoms. The molecule has 2 N–H and O–H groups in total. The smallest absolute Gasteiger partial charge is 0.186 e. The number of hydrogen-bond donors (Lipinski definition) is 2. The summed E-state index contributed by atoms with van der Waals surface area (Å²) in [6, 6.07) is 7.62. The Hall–Kier alpha value is -1.88. The second-order valence-corrected chi connectivity index (χ2v) is 3.81. The fraction of sp³-hybridized carbons (Fsp3) is 0.231. The highest BCUT2D eigenvalue weighted by atomic mass is 32.1. The SMILES string of the molecule is C=CCOc1cccc(/C=N\NC(=S)NCC)c1. The maximum Gasteiger partial charge on any atom is 0.186 e. The Labute approximate surface area is 113 Å². The molecule has 0 aliphatic carbocycles. The number of ether oxygens (including phenoxy) is 1. The Kier molecular flexibility index (Phi) is 6.50. The lowest BCUT2D eigenvalue weighted by molar-refractivity contribution is 0.363. The highest BCUT2D eigenvalue weighted by Crippen LogP contribution is 2.11. The highest BCUT2D eigenvalue weighted by Gasteiger charge is 1.94. The molecule has 96 valence electrons. The van der Waals surface area contributed by atoms with Gasteiger partial charge in [-0.15, -0.1) is 0 Å². The molecule has 1 aromatic carbocycles. The van der Waals surface area contributed by atoms with Crippen LogP contribution in [0.2, 0.25) is 0 Å². The predicted octanol–water partition coefficient (Wildman–Crippen LogP) is 2.07. The number of benzene rings is 1. The van der Waals surface area contributed by atoms with Crippen LogP contribution in [0.25, 0.3) is 0 Å². The number of hydrogen-bond acceptors (Lipinski definition) is 3. The third kappa shape index (κ3) is 5.45. The first kappa shape index (κ1) is 14.2. The molecular formula is C13H17N3OS. The average molecular weight is 263 g/mol. The van der Waals surface area contributed by atoms with Crippen molar-refractivity contribution in [3.63, 3.8) is 0 Å². The number of rotatable bonds is 6. The molecule has 0 spiro atoms. The van der Waals surface area contributed by atoms with Gasteiger partial charge in [0.25, 0.3) is 0 Å². The van der Waals surface area contributed by atoms with E-state index in [1.807, 2.05) is 31.2 Å². The van der Waals surface area contributed by atoms with E-state index in [-0.39, 0.29) is 0 Å². The summed E-state index contributed by atoms with van der Waals surface area (Å²) in [5.41, 5.74) is 3.66. The van der Waals surface area contributed by atoms with Gasteiger partial charge in [0, 0.05) is 6.54 Å². The summed E-state index contributed by atoms with van der Waals surface area (Å²) < 4.78 is 5.42. The van der Waals surface area contributed by atoms with Gasteiger partial charge in [0.1, 0.15) is 12.4 Å². The minimum absolute atomic E-state index is 0.489. The molecule has 4 nitrogen and oxygen atoms in total. The summed E-state index contributed by atoms with van der Waals surface area (Å²) in [5, 5.41) is 7.48. The van der Waals surface area contributed by atoms with Gasteiger partial charge in [-0.2, -0.15) is 5.10 Å². The summed E-state index contributed by atoms with van der Waals surface area (Å²) in [5.74, 6) is 0.785. The standard InChI is InChI=1S/C13H17N3OS/c1-3-8-17-12-7-5-6-11(9-12)10-15-16-13(18)14-4-2/h3,5-7,9-10H,1,4,8H2,2H3,(H2,14,16,18)/b15-10-. The normalized spacial score (nSPS) is 10.1. The molecule has 1 aromatic rings. The van der Waals surface area contributed by atoms with Crippen LogP contribution in [-0.2, 0) is 0 Å². The van der Waals surface area contributed by atoms with Crippen LogP contribution >= 0.6 is 12.2 Å². The van der Waals surface area contributed by atoms with Crippen molar-refractivity contribution in [1.82, 2.24) is 10.7 Å². The largest absolute Gasteiger partial charge is 0.490 e. The van der Waals surface area contributed by atoms with Crippen molar-refractivity contribution < 1.29 is 4.74 Å². The van der Waals surface area contributed by atoms with Crippen molar-refractivity contribution in [2.24, 2.45) is 5.10 Å².